The van der Waals surface area contributed by atoms with E-state index in [1.807, 2.05) is 0 Å². The van der Waals surface area contributed by atoms with Crippen molar-refractivity contribution < 1.29 is 19.0 Å². The minimum atomic E-state index is -0.782. The summed E-state index contributed by atoms with van der Waals surface area (Å²) in [6.45, 7) is 1.77. The first-order chi connectivity index (χ1) is 14.0. The van der Waals surface area contributed by atoms with Crippen molar-refractivity contribution in [3.8, 4) is 5.75 Å². The highest BCUT2D eigenvalue weighted by molar-refractivity contribution is 5.94. The second-order valence-corrected chi connectivity index (χ2v) is 7.91. The number of rotatable bonds is 5. The standard InChI is InChI=1S/C21H27FN4O3/c1-25-13-14(12-23-25)21(28)24-17-11-18(29-16-7-5-6-15(22)10-16)20(27)19(17)26-8-3-2-4-9-26/h5-7,10,12-13,17-20,27H,2-4,8-9,11H2,1H3,(H,24,28)/t17-,18-,19+,20+/m1/s1. The molecule has 0 unspecified atom stereocenters. The third-order valence-electron chi connectivity index (χ3n) is 5.81. The number of nitrogens with zero attached hydrogens (tertiary/aromatic N) is 3. The molecule has 1 aromatic heterocycles. The van der Waals surface area contributed by atoms with E-state index in [-0.39, 0.29) is 23.8 Å². The van der Waals surface area contributed by atoms with Crippen molar-refractivity contribution in [1.82, 2.24) is 20.0 Å². The number of hydrogen-bond acceptors (Lipinski definition) is 5. The van der Waals surface area contributed by atoms with Crippen molar-refractivity contribution in [2.75, 3.05) is 13.1 Å². The summed E-state index contributed by atoms with van der Waals surface area (Å²) in [5.41, 5.74) is 0.480. The molecule has 1 saturated carbocycles. The van der Waals surface area contributed by atoms with E-state index in [0.717, 1.165) is 25.9 Å². The average molecular weight is 402 g/mol. The van der Waals surface area contributed by atoms with Crippen LogP contribution < -0.4 is 10.1 Å². The molecule has 4 rings (SSSR count). The molecule has 156 valence electrons. The van der Waals surface area contributed by atoms with E-state index in [1.165, 1.54) is 24.8 Å². The van der Waals surface area contributed by atoms with Crippen LogP contribution in [-0.2, 0) is 7.05 Å². The van der Waals surface area contributed by atoms with Crippen molar-refractivity contribution in [1.29, 1.82) is 0 Å². The van der Waals surface area contributed by atoms with Crippen LogP contribution in [0.3, 0.4) is 0 Å². The van der Waals surface area contributed by atoms with Crippen LogP contribution in [0.15, 0.2) is 36.7 Å². The lowest BCUT2D eigenvalue weighted by atomic mass is 10.0. The van der Waals surface area contributed by atoms with Crippen molar-refractivity contribution in [2.24, 2.45) is 7.05 Å². The highest BCUT2D eigenvalue weighted by atomic mass is 19.1. The maximum absolute atomic E-state index is 13.5. The number of benzene rings is 1. The molecular weight excluding hydrogens is 375 g/mol. The number of aliphatic hydroxyl groups excluding tert-OH is 1. The Morgan fingerprint density at radius 1 is 1.31 bits per heavy atom. The number of halogens is 1. The maximum Gasteiger partial charge on any atom is 0.254 e. The zero-order valence-electron chi connectivity index (χ0n) is 16.5. The van der Waals surface area contributed by atoms with E-state index in [0.29, 0.717) is 17.7 Å². The van der Waals surface area contributed by atoms with Crippen LogP contribution >= 0.6 is 0 Å². The summed E-state index contributed by atoms with van der Waals surface area (Å²) < 4.78 is 21.0. The lowest BCUT2D eigenvalue weighted by Crippen LogP contribution is -2.54. The smallest absolute Gasteiger partial charge is 0.254 e. The van der Waals surface area contributed by atoms with Gasteiger partial charge in [0.25, 0.3) is 5.91 Å². The molecule has 1 aromatic carbocycles. The Labute approximate surface area is 169 Å². The van der Waals surface area contributed by atoms with Gasteiger partial charge in [-0.25, -0.2) is 4.39 Å². The van der Waals surface area contributed by atoms with E-state index >= 15 is 0 Å². The van der Waals surface area contributed by atoms with Gasteiger partial charge in [0.15, 0.2) is 0 Å². The Morgan fingerprint density at radius 3 is 2.79 bits per heavy atom. The fraction of sp³-hybridized carbons (Fsp3) is 0.524. The van der Waals surface area contributed by atoms with Gasteiger partial charge in [0.1, 0.15) is 23.8 Å². The first-order valence-electron chi connectivity index (χ1n) is 10.1. The van der Waals surface area contributed by atoms with Crippen LogP contribution in [-0.4, -0.2) is 63.1 Å². The van der Waals surface area contributed by atoms with E-state index < -0.39 is 12.2 Å². The number of likely N-dealkylation sites (tertiary alicyclic amines) is 1. The molecule has 2 fully saturated rings. The second kappa shape index (κ2) is 8.51. The quantitative estimate of drug-likeness (QED) is 0.796. The summed E-state index contributed by atoms with van der Waals surface area (Å²) in [6, 6.07) is 5.40. The lowest BCUT2D eigenvalue weighted by Gasteiger charge is -2.37. The molecule has 1 aliphatic heterocycles. The molecule has 7 nitrogen and oxygen atoms in total. The zero-order valence-corrected chi connectivity index (χ0v) is 16.5. The number of ether oxygens (including phenoxy) is 1. The number of aromatic nitrogens is 2. The van der Waals surface area contributed by atoms with Crippen LogP contribution in [0.25, 0.3) is 0 Å². The predicted molar refractivity (Wildman–Crippen MR) is 105 cm³/mol. The van der Waals surface area contributed by atoms with Crippen molar-refractivity contribution in [3.05, 3.63) is 48.0 Å². The van der Waals surface area contributed by atoms with Gasteiger partial charge in [0.05, 0.1) is 23.8 Å². The van der Waals surface area contributed by atoms with Gasteiger partial charge in [-0.3, -0.25) is 14.4 Å². The third-order valence-corrected chi connectivity index (χ3v) is 5.81. The average Bonchev–Trinajstić information content (AvgIpc) is 3.26. The number of nitrogens with one attached hydrogen (secondary N) is 1. The van der Waals surface area contributed by atoms with Gasteiger partial charge in [-0.2, -0.15) is 5.10 Å². The molecule has 2 heterocycles. The number of hydrogen-bond donors (Lipinski definition) is 2. The first-order valence-corrected chi connectivity index (χ1v) is 10.1. The normalized spacial score (nSPS) is 27.7. The monoisotopic (exact) mass is 402 g/mol. The number of amides is 1. The molecule has 29 heavy (non-hydrogen) atoms. The summed E-state index contributed by atoms with van der Waals surface area (Å²) in [5, 5.41) is 18.2. The van der Waals surface area contributed by atoms with Gasteiger partial charge in [0.2, 0.25) is 0 Å². The summed E-state index contributed by atoms with van der Waals surface area (Å²) >= 11 is 0. The van der Waals surface area contributed by atoms with Crippen molar-refractivity contribution in [3.63, 3.8) is 0 Å². The van der Waals surface area contributed by atoms with Gasteiger partial charge in [0, 0.05) is 25.7 Å². The molecule has 1 aliphatic carbocycles. The molecule has 2 aromatic rings. The van der Waals surface area contributed by atoms with E-state index in [9.17, 15) is 14.3 Å². The number of carbonyl (C=O) groups is 1. The van der Waals surface area contributed by atoms with Gasteiger partial charge < -0.3 is 15.2 Å². The third kappa shape index (κ3) is 4.43. The topological polar surface area (TPSA) is 79.6 Å². The Morgan fingerprint density at radius 2 is 2.10 bits per heavy atom. The van der Waals surface area contributed by atoms with Gasteiger partial charge in [-0.15, -0.1) is 0 Å². The van der Waals surface area contributed by atoms with Crippen LogP contribution in [0, 0.1) is 5.82 Å². The molecule has 0 radical (unpaired) electrons. The molecule has 0 bridgehead atoms. The molecule has 2 aliphatic rings. The number of aliphatic hydroxyl groups is 1. The number of aryl methyl sites for hydroxylation is 1. The predicted octanol–water partition coefficient (Wildman–Crippen LogP) is 1.72. The minimum Gasteiger partial charge on any atom is -0.487 e. The highest BCUT2D eigenvalue weighted by Gasteiger charge is 2.47. The Kier molecular flexibility index (Phi) is 5.82. The van der Waals surface area contributed by atoms with Gasteiger partial charge in [-0.1, -0.05) is 12.5 Å². The number of carbonyl (C=O) groups excluding carboxylic acids is 1. The summed E-state index contributed by atoms with van der Waals surface area (Å²) in [7, 11) is 1.76. The molecule has 0 spiro atoms. The molecule has 8 heteroatoms. The Hall–Kier alpha value is -2.45. The van der Waals surface area contributed by atoms with Crippen molar-refractivity contribution >= 4 is 5.91 Å². The minimum absolute atomic E-state index is 0.219. The second-order valence-electron chi connectivity index (χ2n) is 7.91. The number of piperidine rings is 1. The maximum atomic E-state index is 13.5. The largest absolute Gasteiger partial charge is 0.487 e. The van der Waals surface area contributed by atoms with Gasteiger partial charge >= 0.3 is 0 Å². The summed E-state index contributed by atoms with van der Waals surface area (Å²) in [6.07, 6.45) is 5.65. The van der Waals surface area contributed by atoms with Crippen LogP contribution in [0.5, 0.6) is 5.75 Å². The summed E-state index contributed by atoms with van der Waals surface area (Å²) in [5.74, 6) is -0.224. The SMILES string of the molecule is Cn1cc(C(=O)N[C@@H]2C[C@@H](Oc3cccc(F)c3)[C@H](O)[C@H]2N2CCCCC2)cn1. The van der Waals surface area contributed by atoms with Crippen LogP contribution in [0.4, 0.5) is 4.39 Å². The van der Waals surface area contributed by atoms with E-state index in [1.54, 1.807) is 30.1 Å². The van der Waals surface area contributed by atoms with Gasteiger partial charge in [-0.05, 0) is 38.1 Å². The van der Waals surface area contributed by atoms with Crippen molar-refractivity contribution in [2.45, 2.75) is 50.0 Å². The zero-order chi connectivity index (χ0) is 20.4. The van der Waals surface area contributed by atoms with E-state index in [4.69, 9.17) is 4.74 Å². The molecule has 1 amide bonds. The summed E-state index contributed by atoms with van der Waals surface area (Å²) in [4.78, 5) is 15.0. The highest BCUT2D eigenvalue weighted by Crippen LogP contribution is 2.31. The lowest BCUT2D eigenvalue weighted by molar-refractivity contribution is 0.00137. The van der Waals surface area contributed by atoms with Crippen LogP contribution in [0.2, 0.25) is 0 Å². The molecule has 1 saturated heterocycles. The Bertz CT molecular complexity index is 852. The molecular formula is C21H27FN4O3. The Balaban J connectivity index is 1.52. The first kappa shape index (κ1) is 19.8. The fourth-order valence-corrected chi connectivity index (χ4v) is 4.44. The van der Waals surface area contributed by atoms with Crippen LogP contribution in [0.1, 0.15) is 36.0 Å². The van der Waals surface area contributed by atoms with E-state index in [2.05, 4.69) is 15.3 Å². The fourth-order valence-electron chi connectivity index (χ4n) is 4.44. The molecule has 4 atom stereocenters. The molecule has 2 N–H and O–H groups in total.